The summed E-state index contributed by atoms with van der Waals surface area (Å²) >= 11 is 0. The molecule has 5 N–H and O–H groups in total. The second kappa shape index (κ2) is 7.90. The number of rotatable bonds is 7. The summed E-state index contributed by atoms with van der Waals surface area (Å²) in [5.74, 6) is -0.191. The van der Waals surface area contributed by atoms with Gasteiger partial charge in [0.25, 0.3) is 5.91 Å². The van der Waals surface area contributed by atoms with Crippen LogP contribution in [0.4, 0.5) is 21.7 Å². The van der Waals surface area contributed by atoms with E-state index in [1.54, 1.807) is 7.11 Å². The summed E-state index contributed by atoms with van der Waals surface area (Å²) in [6.45, 7) is 1.02. The van der Waals surface area contributed by atoms with Crippen LogP contribution in [0.25, 0.3) is 0 Å². The summed E-state index contributed by atoms with van der Waals surface area (Å²) in [5.41, 5.74) is 11.5. The molecule has 0 saturated carbocycles. The molecule has 1 heterocycles. The van der Waals surface area contributed by atoms with Crippen LogP contribution in [-0.2, 0) is 4.74 Å². The first-order valence-corrected chi connectivity index (χ1v) is 6.77. The van der Waals surface area contributed by atoms with Gasteiger partial charge in [0.1, 0.15) is 17.8 Å². The minimum Gasteiger partial charge on any atom is -0.393 e. The predicted octanol–water partition coefficient (Wildman–Crippen LogP) is 1.01. The third-order valence-corrected chi connectivity index (χ3v) is 2.88. The SMILES string of the molecule is COCCNc1ncnc(NNC(=O)c2ccc(F)cc2)c1N. The number of nitrogen functional groups attached to an aromatic ring is 1. The number of benzene rings is 1. The molecule has 1 amide bonds. The van der Waals surface area contributed by atoms with Crippen molar-refractivity contribution in [1.82, 2.24) is 15.4 Å². The number of carbonyl (C=O) groups is 1. The molecule has 0 atom stereocenters. The predicted molar refractivity (Wildman–Crippen MR) is 84.3 cm³/mol. The van der Waals surface area contributed by atoms with E-state index >= 15 is 0 Å². The Kier molecular flexibility index (Phi) is 5.64. The van der Waals surface area contributed by atoms with Gasteiger partial charge in [0.05, 0.1) is 6.61 Å². The summed E-state index contributed by atoms with van der Waals surface area (Å²) in [6.07, 6.45) is 1.30. The van der Waals surface area contributed by atoms with E-state index in [0.717, 1.165) is 0 Å². The Morgan fingerprint density at radius 3 is 2.65 bits per heavy atom. The number of ether oxygens (including phenoxy) is 1. The van der Waals surface area contributed by atoms with E-state index in [0.29, 0.717) is 24.5 Å². The fourth-order valence-electron chi connectivity index (χ4n) is 1.70. The molecule has 2 aromatic rings. The third-order valence-electron chi connectivity index (χ3n) is 2.88. The van der Waals surface area contributed by atoms with E-state index in [9.17, 15) is 9.18 Å². The minimum absolute atomic E-state index is 0.246. The molecule has 0 unspecified atom stereocenters. The maximum Gasteiger partial charge on any atom is 0.269 e. The van der Waals surface area contributed by atoms with Crippen molar-refractivity contribution in [2.24, 2.45) is 0 Å². The van der Waals surface area contributed by atoms with Crippen LogP contribution in [0.5, 0.6) is 0 Å². The highest BCUT2D eigenvalue weighted by Crippen LogP contribution is 2.21. The van der Waals surface area contributed by atoms with Gasteiger partial charge in [0.2, 0.25) is 0 Å². The van der Waals surface area contributed by atoms with Gasteiger partial charge in [-0.25, -0.2) is 14.4 Å². The Hall–Kier alpha value is -2.94. The lowest BCUT2D eigenvalue weighted by Crippen LogP contribution is -2.30. The van der Waals surface area contributed by atoms with Crippen LogP contribution in [0.2, 0.25) is 0 Å². The van der Waals surface area contributed by atoms with Crippen LogP contribution in [-0.4, -0.2) is 36.1 Å². The van der Waals surface area contributed by atoms with Crippen LogP contribution in [0.1, 0.15) is 10.4 Å². The highest BCUT2D eigenvalue weighted by molar-refractivity contribution is 5.95. The molecule has 2 rings (SSSR count). The molecular weight excluding hydrogens is 303 g/mol. The van der Waals surface area contributed by atoms with Crippen LogP contribution in [0, 0.1) is 5.82 Å². The van der Waals surface area contributed by atoms with E-state index in [-0.39, 0.29) is 11.5 Å². The minimum atomic E-state index is -0.447. The number of hydrogen-bond acceptors (Lipinski definition) is 7. The molecule has 122 valence electrons. The van der Waals surface area contributed by atoms with Crippen molar-refractivity contribution in [3.63, 3.8) is 0 Å². The van der Waals surface area contributed by atoms with Gasteiger partial charge >= 0.3 is 0 Å². The number of hydrogen-bond donors (Lipinski definition) is 4. The van der Waals surface area contributed by atoms with Gasteiger partial charge in [-0.15, -0.1) is 0 Å². The van der Waals surface area contributed by atoms with Crippen LogP contribution in [0.15, 0.2) is 30.6 Å². The molecule has 23 heavy (non-hydrogen) atoms. The lowest BCUT2D eigenvalue weighted by atomic mass is 10.2. The normalized spacial score (nSPS) is 10.2. The van der Waals surface area contributed by atoms with E-state index in [4.69, 9.17) is 10.5 Å². The zero-order valence-electron chi connectivity index (χ0n) is 12.5. The van der Waals surface area contributed by atoms with Crippen LogP contribution >= 0.6 is 0 Å². The van der Waals surface area contributed by atoms with Gasteiger partial charge in [0.15, 0.2) is 11.6 Å². The number of halogens is 1. The molecule has 0 aliphatic carbocycles. The zero-order chi connectivity index (χ0) is 16.7. The molecule has 0 saturated heterocycles. The second-order valence-electron chi connectivity index (χ2n) is 4.49. The van der Waals surface area contributed by atoms with Crippen molar-refractivity contribution >= 4 is 23.2 Å². The van der Waals surface area contributed by atoms with Gasteiger partial charge in [-0.3, -0.25) is 15.6 Å². The van der Waals surface area contributed by atoms with Gasteiger partial charge in [-0.1, -0.05) is 0 Å². The number of aromatic nitrogens is 2. The summed E-state index contributed by atoms with van der Waals surface area (Å²) in [6, 6.07) is 5.14. The van der Waals surface area contributed by atoms with E-state index < -0.39 is 11.7 Å². The number of nitrogens with one attached hydrogen (secondary N) is 3. The molecule has 0 aliphatic rings. The zero-order valence-corrected chi connectivity index (χ0v) is 12.5. The molecule has 0 bridgehead atoms. The average Bonchev–Trinajstić information content (AvgIpc) is 2.56. The summed E-state index contributed by atoms with van der Waals surface area (Å²) in [4.78, 5) is 19.9. The fourth-order valence-corrected chi connectivity index (χ4v) is 1.70. The van der Waals surface area contributed by atoms with Gasteiger partial charge < -0.3 is 15.8 Å². The summed E-state index contributed by atoms with van der Waals surface area (Å²) in [7, 11) is 1.59. The number of methoxy groups -OCH3 is 1. The van der Waals surface area contributed by atoms with Crippen LogP contribution < -0.4 is 21.9 Å². The first-order valence-electron chi connectivity index (χ1n) is 6.77. The second-order valence-corrected chi connectivity index (χ2v) is 4.49. The molecule has 0 spiro atoms. The number of hydrazine groups is 1. The van der Waals surface area contributed by atoms with Gasteiger partial charge in [-0.05, 0) is 24.3 Å². The molecule has 0 fully saturated rings. The van der Waals surface area contributed by atoms with Gasteiger partial charge in [0, 0.05) is 19.2 Å². The highest BCUT2D eigenvalue weighted by atomic mass is 19.1. The Morgan fingerprint density at radius 2 is 1.96 bits per heavy atom. The lowest BCUT2D eigenvalue weighted by molar-refractivity contribution is 0.0962. The van der Waals surface area contributed by atoms with E-state index in [1.807, 2.05) is 0 Å². The van der Waals surface area contributed by atoms with E-state index in [1.165, 1.54) is 30.6 Å². The molecule has 0 aliphatic heterocycles. The molecule has 1 aromatic carbocycles. The standard InChI is InChI=1S/C14H17FN6O2/c1-23-7-6-17-12-11(16)13(19-8-18-12)20-21-14(22)9-2-4-10(15)5-3-9/h2-5,8H,6-7,16H2,1H3,(H,21,22)(H2,17,18,19,20). The summed E-state index contributed by atoms with van der Waals surface area (Å²) < 4.78 is 17.8. The molecule has 9 heteroatoms. The molecule has 1 aromatic heterocycles. The van der Waals surface area contributed by atoms with Crippen molar-refractivity contribution in [3.8, 4) is 0 Å². The number of amides is 1. The Labute approximate surface area is 132 Å². The topological polar surface area (TPSA) is 114 Å². The first kappa shape index (κ1) is 16.4. The van der Waals surface area contributed by atoms with Crippen molar-refractivity contribution < 1.29 is 13.9 Å². The van der Waals surface area contributed by atoms with Crippen LogP contribution in [0.3, 0.4) is 0 Å². The number of nitrogens with two attached hydrogens (primary N) is 1. The monoisotopic (exact) mass is 320 g/mol. The summed E-state index contributed by atoms with van der Waals surface area (Å²) in [5, 5.41) is 2.98. The maximum absolute atomic E-state index is 12.8. The number of nitrogens with zero attached hydrogens (tertiary/aromatic N) is 2. The van der Waals surface area contributed by atoms with Crippen molar-refractivity contribution in [2.45, 2.75) is 0 Å². The van der Waals surface area contributed by atoms with Gasteiger partial charge in [-0.2, -0.15) is 0 Å². The molecule has 0 radical (unpaired) electrons. The van der Waals surface area contributed by atoms with Crippen molar-refractivity contribution in [3.05, 3.63) is 42.0 Å². The van der Waals surface area contributed by atoms with Crippen molar-refractivity contribution in [2.75, 3.05) is 36.7 Å². The fraction of sp³-hybridized carbons (Fsp3) is 0.214. The Morgan fingerprint density at radius 1 is 1.26 bits per heavy atom. The Bertz CT molecular complexity index is 665. The smallest absolute Gasteiger partial charge is 0.269 e. The maximum atomic E-state index is 12.8. The third kappa shape index (κ3) is 4.51. The van der Waals surface area contributed by atoms with Crippen molar-refractivity contribution in [1.29, 1.82) is 0 Å². The number of anilines is 3. The first-order chi connectivity index (χ1) is 11.1. The highest BCUT2D eigenvalue weighted by Gasteiger charge is 2.10. The molecular formula is C14H17FN6O2. The average molecular weight is 320 g/mol. The van der Waals surface area contributed by atoms with E-state index in [2.05, 4.69) is 26.1 Å². The number of carbonyl (C=O) groups excluding carboxylic acids is 1. The molecule has 8 nitrogen and oxygen atoms in total. The lowest BCUT2D eigenvalue weighted by Gasteiger charge is -2.13. The quantitative estimate of drug-likeness (QED) is 0.445. The largest absolute Gasteiger partial charge is 0.393 e. The Balaban J connectivity index is 1.98.